The molecule has 1 aromatic heterocycles. The lowest BCUT2D eigenvalue weighted by Gasteiger charge is -2.35. The van der Waals surface area contributed by atoms with Crippen molar-refractivity contribution in [2.24, 2.45) is 11.1 Å². The van der Waals surface area contributed by atoms with Crippen molar-refractivity contribution in [3.63, 3.8) is 0 Å². The summed E-state index contributed by atoms with van der Waals surface area (Å²) >= 11 is 0. The quantitative estimate of drug-likeness (QED) is 0.757. The third-order valence-corrected chi connectivity index (χ3v) is 3.96. The van der Waals surface area contributed by atoms with E-state index >= 15 is 0 Å². The van der Waals surface area contributed by atoms with Crippen molar-refractivity contribution in [2.45, 2.75) is 45.1 Å². The maximum Gasteiger partial charge on any atom is 0.228 e. The van der Waals surface area contributed by atoms with Gasteiger partial charge in [-0.25, -0.2) is 4.98 Å². The fourth-order valence-corrected chi connectivity index (χ4v) is 2.68. The van der Waals surface area contributed by atoms with E-state index in [0.29, 0.717) is 6.54 Å². The summed E-state index contributed by atoms with van der Waals surface area (Å²) in [6.07, 6.45) is 8.66. The van der Waals surface area contributed by atoms with Gasteiger partial charge in [-0.15, -0.1) is 0 Å². The van der Waals surface area contributed by atoms with E-state index in [0.717, 1.165) is 31.5 Å². The molecule has 1 aliphatic rings. The molecule has 0 saturated heterocycles. The summed E-state index contributed by atoms with van der Waals surface area (Å²) in [4.78, 5) is 19.6. The monoisotopic (exact) mass is 250 g/mol. The molecule has 0 radical (unpaired) electrons. The Morgan fingerprint density at radius 1 is 1.56 bits per heavy atom. The molecule has 1 unspecified atom stereocenters. The fraction of sp³-hybridized carbons (Fsp3) is 0.692. The smallest absolute Gasteiger partial charge is 0.228 e. The summed E-state index contributed by atoms with van der Waals surface area (Å²) < 4.78 is 0. The van der Waals surface area contributed by atoms with Gasteiger partial charge in [0.2, 0.25) is 5.91 Å². The molecule has 2 rings (SSSR count). The number of hydrogen-bond acceptors (Lipinski definition) is 3. The van der Waals surface area contributed by atoms with Crippen LogP contribution < -0.4 is 11.1 Å². The first kappa shape index (κ1) is 13.1. The molecule has 5 nitrogen and oxygen atoms in total. The number of rotatable bonds is 4. The number of imidazole rings is 1. The molecule has 0 bridgehead atoms. The van der Waals surface area contributed by atoms with Crippen LogP contribution in [0.25, 0.3) is 0 Å². The van der Waals surface area contributed by atoms with E-state index in [4.69, 9.17) is 5.73 Å². The van der Waals surface area contributed by atoms with E-state index in [9.17, 15) is 4.79 Å². The Balaban J connectivity index is 2.01. The Hall–Kier alpha value is -1.36. The number of nitrogens with zero attached hydrogens (tertiary/aromatic N) is 1. The molecule has 1 fully saturated rings. The minimum atomic E-state index is -0.362. The van der Waals surface area contributed by atoms with Gasteiger partial charge in [0, 0.05) is 18.9 Å². The lowest BCUT2D eigenvalue weighted by Crippen LogP contribution is -2.47. The second-order valence-electron chi connectivity index (χ2n) is 5.21. The maximum atomic E-state index is 12.4. The van der Waals surface area contributed by atoms with Crippen LogP contribution in [0.3, 0.4) is 0 Å². The Bertz CT molecular complexity index is 382. The number of carbonyl (C=O) groups is 1. The van der Waals surface area contributed by atoms with Crippen molar-refractivity contribution in [3.05, 3.63) is 18.2 Å². The van der Waals surface area contributed by atoms with E-state index in [-0.39, 0.29) is 17.4 Å². The van der Waals surface area contributed by atoms with E-state index in [2.05, 4.69) is 15.3 Å². The summed E-state index contributed by atoms with van der Waals surface area (Å²) in [7, 11) is 0. The highest BCUT2D eigenvalue weighted by atomic mass is 16.2. The fourth-order valence-electron chi connectivity index (χ4n) is 2.68. The zero-order valence-electron chi connectivity index (χ0n) is 10.9. The number of amides is 1. The highest BCUT2D eigenvalue weighted by Gasteiger charge is 2.38. The number of hydrogen-bond donors (Lipinski definition) is 3. The van der Waals surface area contributed by atoms with Gasteiger partial charge in [-0.05, 0) is 19.8 Å². The first-order valence-electron chi connectivity index (χ1n) is 6.68. The standard InChI is InChI=1S/C13H22N4O/c1-10(11-15-7-8-16-11)17-12(18)13(9-14)5-3-2-4-6-13/h7-8,10H,2-6,9,14H2,1H3,(H,15,16)(H,17,18). The molecular formula is C13H22N4O. The first-order valence-corrected chi connectivity index (χ1v) is 6.68. The van der Waals surface area contributed by atoms with Gasteiger partial charge in [-0.3, -0.25) is 4.79 Å². The van der Waals surface area contributed by atoms with Crippen LogP contribution in [0.1, 0.15) is 50.9 Å². The molecule has 1 saturated carbocycles. The molecule has 4 N–H and O–H groups in total. The van der Waals surface area contributed by atoms with Crippen LogP contribution in [-0.2, 0) is 4.79 Å². The predicted octanol–water partition coefficient (Wildman–Crippen LogP) is 1.50. The van der Waals surface area contributed by atoms with Crippen LogP contribution in [0.2, 0.25) is 0 Å². The minimum absolute atomic E-state index is 0.0774. The van der Waals surface area contributed by atoms with Gasteiger partial charge < -0.3 is 16.0 Å². The number of aromatic nitrogens is 2. The Morgan fingerprint density at radius 3 is 2.83 bits per heavy atom. The van der Waals surface area contributed by atoms with Gasteiger partial charge in [0.15, 0.2) is 0 Å². The maximum absolute atomic E-state index is 12.4. The molecule has 1 aromatic rings. The van der Waals surface area contributed by atoms with Crippen molar-refractivity contribution < 1.29 is 4.79 Å². The molecule has 1 heterocycles. The molecule has 0 aliphatic heterocycles. The average Bonchev–Trinajstić information content (AvgIpc) is 2.93. The number of nitrogens with two attached hydrogens (primary N) is 1. The van der Waals surface area contributed by atoms with Crippen LogP contribution in [0, 0.1) is 5.41 Å². The van der Waals surface area contributed by atoms with Crippen LogP contribution in [0.4, 0.5) is 0 Å². The molecule has 5 heteroatoms. The molecule has 100 valence electrons. The second kappa shape index (κ2) is 5.52. The van der Waals surface area contributed by atoms with E-state index < -0.39 is 0 Å². The number of carbonyl (C=O) groups excluding carboxylic acids is 1. The highest BCUT2D eigenvalue weighted by molar-refractivity contribution is 5.83. The zero-order chi connectivity index (χ0) is 13.0. The zero-order valence-corrected chi connectivity index (χ0v) is 10.9. The van der Waals surface area contributed by atoms with E-state index in [1.807, 2.05) is 6.92 Å². The van der Waals surface area contributed by atoms with Crippen molar-refractivity contribution in [1.82, 2.24) is 15.3 Å². The Morgan fingerprint density at radius 2 is 2.28 bits per heavy atom. The third kappa shape index (κ3) is 2.56. The van der Waals surface area contributed by atoms with Gasteiger partial charge in [0.05, 0.1) is 11.5 Å². The lowest BCUT2D eigenvalue weighted by molar-refractivity contribution is -0.133. The molecule has 18 heavy (non-hydrogen) atoms. The van der Waals surface area contributed by atoms with Crippen LogP contribution in [-0.4, -0.2) is 22.4 Å². The van der Waals surface area contributed by atoms with E-state index in [1.165, 1.54) is 6.42 Å². The average molecular weight is 250 g/mol. The van der Waals surface area contributed by atoms with Crippen molar-refractivity contribution in [2.75, 3.05) is 6.54 Å². The first-order chi connectivity index (χ1) is 8.68. The third-order valence-electron chi connectivity index (χ3n) is 3.96. The highest BCUT2D eigenvalue weighted by Crippen LogP contribution is 2.36. The van der Waals surface area contributed by atoms with Crippen molar-refractivity contribution in [3.8, 4) is 0 Å². The summed E-state index contributed by atoms with van der Waals surface area (Å²) in [5, 5.41) is 3.03. The second-order valence-corrected chi connectivity index (χ2v) is 5.21. The molecule has 1 amide bonds. The van der Waals surface area contributed by atoms with Gasteiger partial charge in [0.25, 0.3) is 0 Å². The minimum Gasteiger partial charge on any atom is -0.347 e. The number of nitrogens with one attached hydrogen (secondary N) is 2. The molecule has 0 aromatic carbocycles. The molecule has 0 spiro atoms. The number of aromatic amines is 1. The van der Waals surface area contributed by atoms with Crippen molar-refractivity contribution in [1.29, 1.82) is 0 Å². The van der Waals surface area contributed by atoms with Crippen LogP contribution in [0.15, 0.2) is 12.4 Å². The van der Waals surface area contributed by atoms with Gasteiger partial charge in [-0.2, -0.15) is 0 Å². The topological polar surface area (TPSA) is 83.8 Å². The predicted molar refractivity (Wildman–Crippen MR) is 69.7 cm³/mol. The van der Waals surface area contributed by atoms with Gasteiger partial charge in [0.1, 0.15) is 5.82 Å². The van der Waals surface area contributed by atoms with Gasteiger partial charge in [-0.1, -0.05) is 19.3 Å². The molecular weight excluding hydrogens is 228 g/mol. The summed E-state index contributed by atoms with van der Waals surface area (Å²) in [5.41, 5.74) is 5.49. The van der Waals surface area contributed by atoms with Crippen LogP contribution in [0.5, 0.6) is 0 Å². The number of H-pyrrole nitrogens is 1. The van der Waals surface area contributed by atoms with E-state index in [1.54, 1.807) is 12.4 Å². The van der Waals surface area contributed by atoms with Gasteiger partial charge >= 0.3 is 0 Å². The summed E-state index contributed by atoms with van der Waals surface area (Å²) in [6, 6.07) is -0.0992. The molecule has 1 atom stereocenters. The normalized spacial score (nSPS) is 20.3. The molecule has 1 aliphatic carbocycles. The SMILES string of the molecule is CC(NC(=O)C1(CN)CCCCC1)c1ncc[nH]1. The Kier molecular flexibility index (Phi) is 4.01. The summed E-state index contributed by atoms with van der Waals surface area (Å²) in [5.74, 6) is 0.861. The summed E-state index contributed by atoms with van der Waals surface area (Å²) in [6.45, 7) is 2.37. The largest absolute Gasteiger partial charge is 0.347 e. The lowest BCUT2D eigenvalue weighted by atomic mass is 9.73. The van der Waals surface area contributed by atoms with Crippen molar-refractivity contribution >= 4 is 5.91 Å². The Labute approximate surface area is 108 Å². The van der Waals surface area contributed by atoms with Crippen LogP contribution >= 0.6 is 0 Å².